The molecule has 0 radical (unpaired) electrons. The monoisotopic (exact) mass is 298 g/mol. The molecule has 0 N–H and O–H groups in total. The van der Waals surface area contributed by atoms with Crippen molar-refractivity contribution in [1.82, 2.24) is 0 Å². The maximum absolute atomic E-state index is 12.1. The normalized spacial score (nSPS) is 46.5. The number of allylic oxidation sites excluding steroid dienone is 4. The number of carbonyl (C=O) groups excluding carboxylic acids is 2. The Balaban J connectivity index is 1.68. The van der Waals surface area contributed by atoms with E-state index in [2.05, 4.69) is 19.1 Å². The molecule has 4 aliphatic rings. The van der Waals surface area contributed by atoms with Gasteiger partial charge in [0.25, 0.3) is 0 Å². The molecular weight excluding hydrogens is 272 g/mol. The van der Waals surface area contributed by atoms with Crippen LogP contribution in [-0.4, -0.2) is 11.6 Å². The molecule has 2 nitrogen and oxygen atoms in total. The second kappa shape index (κ2) is 4.91. The van der Waals surface area contributed by atoms with E-state index in [4.69, 9.17) is 0 Å². The standard InChI is InChI=1S/C20H26O2/c1-12(21)18-7-8-19-17-5-3-13-11-14(22)4-6-15(13)16(17)9-10-20(18,19)2/h3,5,11,15-19H,4,6-10H2,1-2H3/t15?,16?,17?,18-,19?,20?/m1/s1. The smallest absolute Gasteiger partial charge is 0.155 e. The summed E-state index contributed by atoms with van der Waals surface area (Å²) in [6.07, 6.45) is 13.0. The Bertz CT molecular complexity index is 585. The van der Waals surface area contributed by atoms with Crippen molar-refractivity contribution in [1.29, 1.82) is 0 Å². The molecule has 118 valence electrons. The first-order chi connectivity index (χ1) is 10.5. The van der Waals surface area contributed by atoms with E-state index in [1.54, 1.807) is 6.92 Å². The van der Waals surface area contributed by atoms with Crippen LogP contribution in [0.15, 0.2) is 23.8 Å². The molecule has 2 saturated carbocycles. The summed E-state index contributed by atoms with van der Waals surface area (Å²) in [5, 5.41) is 0. The molecule has 6 atom stereocenters. The van der Waals surface area contributed by atoms with E-state index in [0.717, 1.165) is 19.3 Å². The van der Waals surface area contributed by atoms with Crippen molar-refractivity contribution in [3.8, 4) is 0 Å². The first-order valence-corrected chi connectivity index (χ1v) is 8.94. The Labute approximate surface area is 133 Å². The fourth-order valence-corrected chi connectivity index (χ4v) is 6.32. The van der Waals surface area contributed by atoms with Gasteiger partial charge in [-0.05, 0) is 79.8 Å². The molecule has 2 fully saturated rings. The van der Waals surface area contributed by atoms with Crippen LogP contribution >= 0.6 is 0 Å². The van der Waals surface area contributed by atoms with Crippen molar-refractivity contribution in [3.05, 3.63) is 23.8 Å². The van der Waals surface area contributed by atoms with Gasteiger partial charge in [-0.2, -0.15) is 0 Å². The van der Waals surface area contributed by atoms with Gasteiger partial charge >= 0.3 is 0 Å². The second-order valence-corrected chi connectivity index (χ2v) is 8.25. The van der Waals surface area contributed by atoms with Crippen molar-refractivity contribution in [2.24, 2.45) is 35.0 Å². The Kier molecular flexibility index (Phi) is 3.22. The number of rotatable bonds is 1. The van der Waals surface area contributed by atoms with E-state index in [1.165, 1.54) is 24.8 Å². The average Bonchev–Trinajstić information content (AvgIpc) is 2.84. The van der Waals surface area contributed by atoms with E-state index < -0.39 is 0 Å². The van der Waals surface area contributed by atoms with Gasteiger partial charge < -0.3 is 0 Å². The predicted molar refractivity (Wildman–Crippen MR) is 86.2 cm³/mol. The summed E-state index contributed by atoms with van der Waals surface area (Å²) in [7, 11) is 0. The molecule has 2 heteroatoms. The van der Waals surface area contributed by atoms with Crippen LogP contribution in [0, 0.1) is 35.0 Å². The number of fused-ring (bicyclic) bond motifs is 5. The molecule has 0 spiro atoms. The minimum absolute atomic E-state index is 0.211. The summed E-state index contributed by atoms with van der Waals surface area (Å²) in [5.74, 6) is 3.55. The van der Waals surface area contributed by atoms with Crippen LogP contribution in [0.1, 0.15) is 52.4 Å². The number of hydrogen-bond acceptors (Lipinski definition) is 2. The van der Waals surface area contributed by atoms with Crippen molar-refractivity contribution >= 4 is 11.6 Å². The van der Waals surface area contributed by atoms with Gasteiger partial charge in [-0.15, -0.1) is 0 Å². The van der Waals surface area contributed by atoms with Crippen LogP contribution in [0.3, 0.4) is 0 Å². The number of hydrogen-bond donors (Lipinski definition) is 0. The fourth-order valence-electron chi connectivity index (χ4n) is 6.32. The first-order valence-electron chi connectivity index (χ1n) is 8.94. The van der Waals surface area contributed by atoms with Crippen LogP contribution in [-0.2, 0) is 9.59 Å². The van der Waals surface area contributed by atoms with Crippen LogP contribution in [0.2, 0.25) is 0 Å². The van der Waals surface area contributed by atoms with Gasteiger partial charge in [-0.3, -0.25) is 9.59 Å². The highest BCUT2D eigenvalue weighted by molar-refractivity contribution is 5.92. The minimum Gasteiger partial charge on any atom is -0.300 e. The highest BCUT2D eigenvalue weighted by Gasteiger charge is 2.56. The van der Waals surface area contributed by atoms with Gasteiger partial charge in [-0.25, -0.2) is 0 Å². The van der Waals surface area contributed by atoms with E-state index in [0.29, 0.717) is 35.2 Å². The third kappa shape index (κ3) is 1.92. The van der Waals surface area contributed by atoms with Crippen molar-refractivity contribution in [2.75, 3.05) is 0 Å². The lowest BCUT2D eigenvalue weighted by molar-refractivity contribution is -0.126. The molecule has 0 bridgehead atoms. The summed E-state index contributed by atoms with van der Waals surface area (Å²) < 4.78 is 0. The molecule has 0 heterocycles. The lowest BCUT2D eigenvalue weighted by atomic mass is 9.53. The molecule has 0 amide bonds. The molecule has 0 aromatic heterocycles. The van der Waals surface area contributed by atoms with Gasteiger partial charge in [0.1, 0.15) is 5.78 Å². The molecule has 0 aliphatic heterocycles. The predicted octanol–water partition coefficient (Wildman–Crippen LogP) is 4.11. The molecule has 0 aromatic carbocycles. The third-order valence-corrected chi connectivity index (χ3v) is 7.36. The largest absolute Gasteiger partial charge is 0.300 e. The number of carbonyl (C=O) groups is 2. The maximum atomic E-state index is 12.1. The van der Waals surface area contributed by atoms with Crippen LogP contribution < -0.4 is 0 Å². The van der Waals surface area contributed by atoms with Crippen LogP contribution in [0.25, 0.3) is 0 Å². The van der Waals surface area contributed by atoms with Gasteiger partial charge in [0.2, 0.25) is 0 Å². The zero-order chi connectivity index (χ0) is 15.5. The molecule has 4 aliphatic carbocycles. The summed E-state index contributed by atoms with van der Waals surface area (Å²) in [4.78, 5) is 23.7. The first kappa shape index (κ1) is 14.4. The molecule has 0 aromatic rings. The molecular formula is C20H26O2. The topological polar surface area (TPSA) is 34.1 Å². The van der Waals surface area contributed by atoms with Crippen molar-refractivity contribution in [3.63, 3.8) is 0 Å². The SMILES string of the molecule is CC(=O)[C@H]1CCC2C3C=CC4=CC(=O)CCC4C3CCC21C. The molecule has 0 saturated heterocycles. The van der Waals surface area contributed by atoms with Crippen LogP contribution in [0.5, 0.6) is 0 Å². The van der Waals surface area contributed by atoms with E-state index in [1.807, 2.05) is 6.08 Å². The Morgan fingerprint density at radius 1 is 1.23 bits per heavy atom. The van der Waals surface area contributed by atoms with Crippen molar-refractivity contribution < 1.29 is 9.59 Å². The molecule has 4 rings (SSSR count). The summed E-state index contributed by atoms with van der Waals surface area (Å²) >= 11 is 0. The third-order valence-electron chi connectivity index (χ3n) is 7.36. The Morgan fingerprint density at radius 2 is 2.05 bits per heavy atom. The zero-order valence-electron chi connectivity index (χ0n) is 13.7. The van der Waals surface area contributed by atoms with E-state index in [9.17, 15) is 9.59 Å². The second-order valence-electron chi connectivity index (χ2n) is 8.25. The average molecular weight is 298 g/mol. The van der Waals surface area contributed by atoms with Gasteiger partial charge in [0.15, 0.2) is 5.78 Å². The fraction of sp³-hybridized carbons (Fsp3) is 0.700. The van der Waals surface area contributed by atoms with E-state index >= 15 is 0 Å². The Hall–Kier alpha value is -1.18. The van der Waals surface area contributed by atoms with Gasteiger partial charge in [-0.1, -0.05) is 19.1 Å². The lowest BCUT2D eigenvalue weighted by Crippen LogP contribution is -2.45. The lowest BCUT2D eigenvalue weighted by Gasteiger charge is -2.51. The van der Waals surface area contributed by atoms with E-state index in [-0.39, 0.29) is 11.3 Å². The summed E-state index contributed by atoms with van der Waals surface area (Å²) in [6.45, 7) is 4.16. The minimum atomic E-state index is 0.211. The number of Topliss-reactive ketones (excluding diaryl/α,β-unsaturated/α-hetero) is 1. The highest BCUT2D eigenvalue weighted by Crippen LogP contribution is 2.62. The molecule has 5 unspecified atom stereocenters. The quantitative estimate of drug-likeness (QED) is 0.730. The van der Waals surface area contributed by atoms with Gasteiger partial charge in [0, 0.05) is 12.3 Å². The molecule has 22 heavy (non-hydrogen) atoms. The highest BCUT2D eigenvalue weighted by atomic mass is 16.1. The summed E-state index contributed by atoms with van der Waals surface area (Å²) in [5.41, 5.74) is 1.49. The summed E-state index contributed by atoms with van der Waals surface area (Å²) in [6, 6.07) is 0. The number of ketones is 2. The zero-order valence-corrected chi connectivity index (χ0v) is 13.7. The van der Waals surface area contributed by atoms with Gasteiger partial charge in [0.05, 0.1) is 0 Å². The van der Waals surface area contributed by atoms with Crippen LogP contribution in [0.4, 0.5) is 0 Å². The van der Waals surface area contributed by atoms with Crippen molar-refractivity contribution in [2.45, 2.75) is 52.4 Å². The Morgan fingerprint density at radius 3 is 2.82 bits per heavy atom. The maximum Gasteiger partial charge on any atom is 0.155 e.